The zero-order chi connectivity index (χ0) is 19.1. The van der Waals surface area contributed by atoms with Crippen LogP contribution in [0.1, 0.15) is 61.4 Å². The van der Waals surface area contributed by atoms with Crippen molar-refractivity contribution in [1.82, 2.24) is 4.90 Å². The first-order valence-corrected chi connectivity index (χ1v) is 10.2. The van der Waals surface area contributed by atoms with Gasteiger partial charge in [0, 0.05) is 18.0 Å². The van der Waals surface area contributed by atoms with Crippen LogP contribution in [0.3, 0.4) is 0 Å². The van der Waals surface area contributed by atoms with Gasteiger partial charge in [0.1, 0.15) is 6.04 Å². The summed E-state index contributed by atoms with van der Waals surface area (Å²) in [7, 11) is 0. The molecule has 1 fully saturated rings. The van der Waals surface area contributed by atoms with E-state index in [4.69, 9.17) is 10.7 Å². The van der Waals surface area contributed by atoms with Crippen LogP contribution in [-0.4, -0.2) is 17.1 Å². The largest absolute Gasteiger partial charge is 0.321 e. The summed E-state index contributed by atoms with van der Waals surface area (Å²) in [5, 5.41) is 0. The molecule has 2 aromatic rings. The van der Waals surface area contributed by atoms with Gasteiger partial charge in [-0.3, -0.25) is 0 Å². The van der Waals surface area contributed by atoms with Gasteiger partial charge in [-0.25, -0.2) is 9.98 Å². The average Bonchev–Trinajstić information content (AvgIpc) is 3.11. The number of nitrogens with two attached hydrogens (primary N) is 1. The van der Waals surface area contributed by atoms with Crippen LogP contribution in [0.25, 0.3) is 0 Å². The van der Waals surface area contributed by atoms with Crippen LogP contribution in [-0.2, 0) is 5.54 Å². The van der Waals surface area contributed by atoms with Gasteiger partial charge < -0.3 is 10.6 Å². The predicted octanol–water partition coefficient (Wildman–Crippen LogP) is 4.86. The van der Waals surface area contributed by atoms with Crippen molar-refractivity contribution in [3.05, 3.63) is 83.1 Å². The summed E-state index contributed by atoms with van der Waals surface area (Å²) in [6.45, 7) is 2.16. The van der Waals surface area contributed by atoms with E-state index in [2.05, 4.69) is 77.6 Å². The Morgan fingerprint density at radius 1 is 1.04 bits per heavy atom. The van der Waals surface area contributed by atoms with Crippen molar-refractivity contribution in [3.8, 4) is 0 Å². The Morgan fingerprint density at radius 3 is 2.43 bits per heavy atom. The highest BCUT2D eigenvalue weighted by atomic mass is 15.4. The van der Waals surface area contributed by atoms with E-state index in [-0.39, 0.29) is 17.6 Å². The zero-order valence-electron chi connectivity index (χ0n) is 16.3. The van der Waals surface area contributed by atoms with Crippen molar-refractivity contribution in [2.24, 2.45) is 15.7 Å². The molecule has 2 unspecified atom stereocenters. The predicted molar refractivity (Wildman–Crippen MR) is 114 cm³/mol. The number of benzene rings is 2. The highest BCUT2D eigenvalue weighted by molar-refractivity contribution is 5.98. The van der Waals surface area contributed by atoms with Gasteiger partial charge in [-0.05, 0) is 47.9 Å². The second-order valence-corrected chi connectivity index (χ2v) is 8.08. The summed E-state index contributed by atoms with van der Waals surface area (Å²) in [5.41, 5.74) is 11.3. The third kappa shape index (κ3) is 2.80. The molecular formula is C24H26N4. The first-order valence-electron chi connectivity index (χ1n) is 10.2. The van der Waals surface area contributed by atoms with Crippen LogP contribution in [0.15, 0.2) is 76.4 Å². The van der Waals surface area contributed by atoms with Gasteiger partial charge in [0.25, 0.3) is 0 Å². The van der Waals surface area contributed by atoms with Crippen LogP contribution < -0.4 is 5.73 Å². The molecule has 0 amide bonds. The summed E-state index contributed by atoms with van der Waals surface area (Å²) < 4.78 is 0. The average molecular weight is 370 g/mol. The summed E-state index contributed by atoms with van der Waals surface area (Å²) in [5.74, 6) is 0.800. The monoisotopic (exact) mass is 370 g/mol. The number of aliphatic imine (C=N–C) groups is 2. The van der Waals surface area contributed by atoms with Crippen molar-refractivity contribution in [3.63, 3.8) is 0 Å². The van der Waals surface area contributed by atoms with E-state index in [0.29, 0.717) is 0 Å². The molecule has 1 aliphatic carbocycles. The third-order valence-electron chi connectivity index (χ3n) is 6.36. The molecular weight excluding hydrogens is 344 g/mol. The molecule has 2 heterocycles. The molecule has 4 heteroatoms. The van der Waals surface area contributed by atoms with E-state index in [1.807, 2.05) is 6.21 Å². The molecule has 0 radical (unpaired) electrons. The fourth-order valence-corrected chi connectivity index (χ4v) is 4.42. The molecule has 4 nitrogen and oxygen atoms in total. The van der Waals surface area contributed by atoms with Crippen LogP contribution in [0.5, 0.6) is 0 Å². The van der Waals surface area contributed by atoms with E-state index >= 15 is 0 Å². The molecule has 5 rings (SSSR count). The highest BCUT2D eigenvalue weighted by Crippen LogP contribution is 2.45. The first-order chi connectivity index (χ1) is 13.7. The Balaban J connectivity index is 1.53. The summed E-state index contributed by atoms with van der Waals surface area (Å²) >= 11 is 0. The lowest BCUT2D eigenvalue weighted by Crippen LogP contribution is -2.43. The van der Waals surface area contributed by atoms with Crippen LogP contribution in [0.4, 0.5) is 0 Å². The molecule has 28 heavy (non-hydrogen) atoms. The molecule has 0 saturated heterocycles. The summed E-state index contributed by atoms with van der Waals surface area (Å²) in [6, 6.07) is 19.6. The molecule has 0 aromatic heterocycles. The van der Waals surface area contributed by atoms with E-state index in [0.717, 1.165) is 25.2 Å². The van der Waals surface area contributed by atoms with Gasteiger partial charge in [0.05, 0.1) is 6.04 Å². The third-order valence-corrected chi connectivity index (χ3v) is 6.36. The molecule has 2 aromatic carbocycles. The number of allylic oxidation sites excluding steroid dienone is 1. The summed E-state index contributed by atoms with van der Waals surface area (Å²) in [6.07, 6.45) is 8.50. The van der Waals surface area contributed by atoms with Crippen LogP contribution in [0, 0.1) is 0 Å². The first kappa shape index (κ1) is 17.4. The Morgan fingerprint density at radius 2 is 1.79 bits per heavy atom. The minimum absolute atomic E-state index is 0.0196. The molecule has 2 aliphatic heterocycles. The van der Waals surface area contributed by atoms with E-state index in [9.17, 15) is 0 Å². The second kappa shape index (κ2) is 6.71. The van der Waals surface area contributed by atoms with Gasteiger partial charge in [0.2, 0.25) is 5.96 Å². The van der Waals surface area contributed by atoms with Crippen molar-refractivity contribution in [2.75, 3.05) is 0 Å². The molecule has 0 spiro atoms. The van der Waals surface area contributed by atoms with Crippen molar-refractivity contribution >= 4 is 12.2 Å². The Hall–Kier alpha value is -2.72. The lowest BCUT2D eigenvalue weighted by Gasteiger charge is -2.38. The second-order valence-electron chi connectivity index (χ2n) is 8.08. The Labute approximate surface area is 166 Å². The van der Waals surface area contributed by atoms with E-state index in [1.165, 1.54) is 28.7 Å². The van der Waals surface area contributed by atoms with Crippen LogP contribution >= 0.6 is 0 Å². The van der Waals surface area contributed by atoms with Crippen molar-refractivity contribution in [2.45, 2.75) is 50.2 Å². The smallest absolute Gasteiger partial charge is 0.226 e. The van der Waals surface area contributed by atoms with Gasteiger partial charge in [-0.15, -0.1) is 0 Å². The SMILES string of the molecule is CCC1=CN2C(=NC(c3ccc(C4(N)CCC4)cc3)C2c2ccccc2)N=C1. The maximum atomic E-state index is 6.51. The van der Waals surface area contributed by atoms with E-state index in [1.54, 1.807) is 0 Å². The molecule has 0 bridgehead atoms. The van der Waals surface area contributed by atoms with Gasteiger partial charge >= 0.3 is 0 Å². The van der Waals surface area contributed by atoms with E-state index < -0.39 is 0 Å². The minimum atomic E-state index is -0.126. The quantitative estimate of drug-likeness (QED) is 0.836. The van der Waals surface area contributed by atoms with Gasteiger partial charge in [-0.2, -0.15) is 0 Å². The molecule has 2 N–H and O–H groups in total. The number of rotatable bonds is 4. The fraction of sp³-hybridized carbons (Fsp3) is 0.333. The topological polar surface area (TPSA) is 54.0 Å². The van der Waals surface area contributed by atoms with Gasteiger partial charge in [-0.1, -0.05) is 61.5 Å². The van der Waals surface area contributed by atoms with Crippen LogP contribution in [0.2, 0.25) is 0 Å². The lowest BCUT2D eigenvalue weighted by atomic mass is 9.72. The lowest BCUT2D eigenvalue weighted by molar-refractivity contribution is 0.253. The molecule has 142 valence electrons. The minimum Gasteiger partial charge on any atom is -0.321 e. The number of hydrogen-bond donors (Lipinski definition) is 1. The number of guanidine groups is 1. The molecule has 2 atom stereocenters. The van der Waals surface area contributed by atoms with Crippen molar-refractivity contribution < 1.29 is 0 Å². The van der Waals surface area contributed by atoms with Gasteiger partial charge in [0.15, 0.2) is 0 Å². The summed E-state index contributed by atoms with van der Waals surface area (Å²) in [4.78, 5) is 11.9. The maximum absolute atomic E-state index is 6.51. The molecule has 3 aliphatic rings. The van der Waals surface area contributed by atoms with Crippen molar-refractivity contribution in [1.29, 1.82) is 0 Å². The fourth-order valence-electron chi connectivity index (χ4n) is 4.42. The molecule has 1 saturated carbocycles. The standard InChI is InChI=1S/C24H26N4/c1-2-17-15-26-23-27-21(22(28(23)16-17)19-7-4-3-5-8-19)18-9-11-20(12-10-18)24(25)13-6-14-24/h3-5,7-12,15-16,21-22H,2,6,13-14,25H2,1H3. The zero-order valence-corrected chi connectivity index (χ0v) is 16.3. The highest BCUT2D eigenvalue weighted by Gasteiger charge is 2.39. The number of nitrogens with zero attached hydrogens (tertiary/aromatic N) is 3. The Kier molecular flexibility index (Phi) is 4.17. The number of hydrogen-bond acceptors (Lipinski definition) is 4. The Bertz CT molecular complexity index is 952. The maximum Gasteiger partial charge on any atom is 0.226 e. The normalized spacial score (nSPS) is 25.0. The number of fused-ring (bicyclic) bond motifs is 1.